The van der Waals surface area contributed by atoms with Crippen molar-refractivity contribution in [3.05, 3.63) is 75.9 Å². The molecule has 2 heterocycles. The molecule has 13 nitrogen and oxygen atoms in total. The SMILES string of the molecule is CCC(C)C(Nc1ccc2c(cc1=O)C(NC(C)=O)CCc1cc(OC)c(OC)c(OC)c1-2)C(=O)NCCc1nc(-c2ccccn2)no1. The third-order valence-corrected chi connectivity index (χ3v) is 8.72. The van der Waals surface area contributed by atoms with Crippen LogP contribution in [0.1, 0.15) is 56.7 Å². The molecule has 258 valence electrons. The molecule has 0 aliphatic heterocycles. The van der Waals surface area contributed by atoms with E-state index in [1.807, 2.05) is 32.0 Å². The van der Waals surface area contributed by atoms with Crippen molar-refractivity contribution >= 4 is 17.5 Å². The van der Waals surface area contributed by atoms with E-state index in [9.17, 15) is 14.4 Å². The standard InChI is InChI=1S/C36H42N6O7/c1-7-20(2)32(36(45)38-17-15-30-41-35(42-49-30)27-10-8-9-16-37-27)40-26-14-12-23-24(19-28(26)44)25(39-21(3)43)13-11-22-18-29(46-4)33(47-5)34(48-6)31(22)23/h8-10,12,14,16,18-20,25,32H,7,11,13,15,17H2,1-6H3,(H,38,45)(H,39,43)(H,40,44). The second-order valence-corrected chi connectivity index (χ2v) is 11.9. The number of rotatable bonds is 13. The lowest BCUT2D eigenvalue weighted by Gasteiger charge is -2.24. The van der Waals surface area contributed by atoms with Crippen LogP contribution in [0.5, 0.6) is 17.2 Å². The number of methoxy groups -OCH3 is 3. The number of aryl methyl sites for hydroxylation is 1. The highest BCUT2D eigenvalue weighted by Crippen LogP contribution is 2.50. The molecular weight excluding hydrogens is 628 g/mol. The summed E-state index contributed by atoms with van der Waals surface area (Å²) in [6.45, 7) is 5.63. The van der Waals surface area contributed by atoms with E-state index >= 15 is 0 Å². The summed E-state index contributed by atoms with van der Waals surface area (Å²) in [7, 11) is 4.65. The van der Waals surface area contributed by atoms with Gasteiger partial charge in [-0.2, -0.15) is 4.98 Å². The first-order valence-corrected chi connectivity index (χ1v) is 16.2. The fourth-order valence-corrected chi connectivity index (χ4v) is 6.05. The molecule has 0 saturated carbocycles. The third-order valence-electron chi connectivity index (χ3n) is 8.72. The van der Waals surface area contributed by atoms with Gasteiger partial charge in [0.25, 0.3) is 0 Å². The molecule has 0 bridgehead atoms. The Bertz CT molecular complexity index is 1860. The van der Waals surface area contributed by atoms with Crippen LogP contribution < -0.4 is 35.6 Å². The van der Waals surface area contributed by atoms with Gasteiger partial charge in [0.2, 0.25) is 34.7 Å². The summed E-state index contributed by atoms with van der Waals surface area (Å²) in [5, 5.41) is 13.2. The van der Waals surface area contributed by atoms with Gasteiger partial charge in [0.05, 0.1) is 33.1 Å². The Morgan fingerprint density at radius 3 is 2.53 bits per heavy atom. The molecule has 0 spiro atoms. The van der Waals surface area contributed by atoms with Gasteiger partial charge >= 0.3 is 0 Å². The minimum atomic E-state index is -0.719. The number of ether oxygens (including phenoxy) is 3. The summed E-state index contributed by atoms with van der Waals surface area (Å²) in [5.41, 5.74) is 3.50. The van der Waals surface area contributed by atoms with Crippen LogP contribution >= 0.6 is 0 Å². The molecular formula is C36H42N6O7. The van der Waals surface area contributed by atoms with Crippen LogP contribution in [0.25, 0.3) is 22.6 Å². The molecule has 3 atom stereocenters. The maximum absolute atomic E-state index is 13.9. The van der Waals surface area contributed by atoms with E-state index in [0.29, 0.717) is 71.5 Å². The lowest BCUT2D eigenvalue weighted by molar-refractivity contribution is -0.123. The average Bonchev–Trinajstić information content (AvgIpc) is 3.46. The quantitative estimate of drug-likeness (QED) is 0.183. The molecule has 1 aliphatic rings. The number of amides is 2. The molecule has 2 aromatic carbocycles. The highest BCUT2D eigenvalue weighted by molar-refractivity contribution is 5.86. The van der Waals surface area contributed by atoms with Crippen molar-refractivity contribution in [2.24, 2.45) is 5.92 Å². The van der Waals surface area contributed by atoms with Gasteiger partial charge in [0, 0.05) is 31.6 Å². The smallest absolute Gasteiger partial charge is 0.242 e. The zero-order valence-corrected chi connectivity index (χ0v) is 28.6. The topological polar surface area (TPSA) is 167 Å². The zero-order chi connectivity index (χ0) is 35.1. The number of pyridine rings is 1. The molecule has 2 amide bonds. The first-order chi connectivity index (χ1) is 23.7. The van der Waals surface area contributed by atoms with Crippen molar-refractivity contribution in [2.75, 3.05) is 33.2 Å². The molecule has 0 saturated heterocycles. The Hall–Kier alpha value is -5.46. The van der Waals surface area contributed by atoms with Crippen molar-refractivity contribution in [1.29, 1.82) is 0 Å². The van der Waals surface area contributed by atoms with Crippen LogP contribution in [0.2, 0.25) is 0 Å². The van der Waals surface area contributed by atoms with Crippen LogP contribution in [0.4, 0.5) is 5.69 Å². The number of hydrogen-bond donors (Lipinski definition) is 3. The highest BCUT2D eigenvalue weighted by Gasteiger charge is 2.30. The number of nitrogens with zero attached hydrogens (tertiary/aromatic N) is 3. The van der Waals surface area contributed by atoms with Gasteiger partial charge in [-0.25, -0.2) is 0 Å². The summed E-state index contributed by atoms with van der Waals surface area (Å²) >= 11 is 0. The molecule has 2 aromatic heterocycles. The Morgan fingerprint density at radius 2 is 1.86 bits per heavy atom. The molecule has 1 aliphatic carbocycles. The summed E-state index contributed by atoms with van der Waals surface area (Å²) in [6, 6.07) is 11.2. The second kappa shape index (κ2) is 15.6. The monoisotopic (exact) mass is 670 g/mol. The van der Waals surface area contributed by atoms with E-state index in [4.69, 9.17) is 18.7 Å². The maximum Gasteiger partial charge on any atom is 0.242 e. The summed E-state index contributed by atoms with van der Waals surface area (Å²) in [5.74, 6) is 1.52. The molecule has 5 rings (SSSR count). The Balaban J connectivity index is 1.45. The molecule has 3 N–H and O–H groups in total. The minimum absolute atomic E-state index is 0.119. The lowest BCUT2D eigenvalue weighted by Crippen LogP contribution is -2.45. The Kier molecular flexibility index (Phi) is 11.1. The molecule has 49 heavy (non-hydrogen) atoms. The van der Waals surface area contributed by atoms with E-state index in [-0.39, 0.29) is 35.4 Å². The molecule has 0 radical (unpaired) electrons. The molecule has 13 heteroatoms. The number of fused-ring (bicyclic) bond motifs is 3. The number of carbonyl (C=O) groups is 2. The van der Waals surface area contributed by atoms with Gasteiger partial charge in [-0.3, -0.25) is 19.4 Å². The van der Waals surface area contributed by atoms with E-state index < -0.39 is 12.1 Å². The number of hydrogen-bond acceptors (Lipinski definition) is 11. The normalized spacial score (nSPS) is 14.7. The maximum atomic E-state index is 13.9. The first-order valence-electron chi connectivity index (χ1n) is 16.2. The molecule has 3 unspecified atom stereocenters. The zero-order valence-electron chi connectivity index (χ0n) is 28.6. The predicted octanol–water partition coefficient (Wildman–Crippen LogP) is 4.49. The van der Waals surface area contributed by atoms with Crippen molar-refractivity contribution in [1.82, 2.24) is 25.8 Å². The fourth-order valence-electron chi connectivity index (χ4n) is 6.05. The summed E-state index contributed by atoms with van der Waals surface area (Å²) < 4.78 is 22.5. The van der Waals surface area contributed by atoms with E-state index in [2.05, 4.69) is 31.1 Å². The van der Waals surface area contributed by atoms with Crippen molar-refractivity contribution in [3.63, 3.8) is 0 Å². The van der Waals surface area contributed by atoms with Gasteiger partial charge in [0.15, 0.2) is 11.5 Å². The van der Waals surface area contributed by atoms with Crippen LogP contribution in [0, 0.1) is 5.92 Å². The van der Waals surface area contributed by atoms with E-state index in [1.54, 1.807) is 38.6 Å². The predicted molar refractivity (Wildman–Crippen MR) is 184 cm³/mol. The van der Waals surface area contributed by atoms with Crippen LogP contribution in [0.15, 0.2) is 58.0 Å². The Labute approximate surface area is 284 Å². The van der Waals surface area contributed by atoms with Crippen molar-refractivity contribution in [3.8, 4) is 39.9 Å². The summed E-state index contributed by atoms with van der Waals surface area (Å²) in [6.07, 6.45) is 3.77. The van der Waals surface area contributed by atoms with Crippen molar-refractivity contribution < 1.29 is 28.3 Å². The van der Waals surface area contributed by atoms with Gasteiger partial charge < -0.3 is 34.7 Å². The number of nitrogens with one attached hydrogen (secondary N) is 3. The number of anilines is 1. The van der Waals surface area contributed by atoms with E-state index in [1.165, 1.54) is 20.1 Å². The van der Waals surface area contributed by atoms with Gasteiger partial charge in [-0.1, -0.05) is 37.6 Å². The third kappa shape index (κ3) is 7.66. The summed E-state index contributed by atoms with van der Waals surface area (Å²) in [4.78, 5) is 48.4. The fraction of sp³-hybridized carbons (Fsp3) is 0.389. The minimum Gasteiger partial charge on any atom is -0.493 e. The van der Waals surface area contributed by atoms with Crippen LogP contribution in [0.3, 0.4) is 0 Å². The van der Waals surface area contributed by atoms with Crippen LogP contribution in [-0.4, -0.2) is 60.9 Å². The largest absolute Gasteiger partial charge is 0.493 e. The van der Waals surface area contributed by atoms with Gasteiger partial charge in [-0.05, 0) is 65.8 Å². The van der Waals surface area contributed by atoms with Crippen LogP contribution in [-0.2, 0) is 22.4 Å². The number of aromatic nitrogens is 3. The van der Waals surface area contributed by atoms with E-state index in [0.717, 1.165) is 11.1 Å². The van der Waals surface area contributed by atoms with Crippen molar-refractivity contribution in [2.45, 2.75) is 58.5 Å². The molecule has 4 aromatic rings. The number of benzene rings is 1. The molecule has 0 fully saturated rings. The van der Waals surface area contributed by atoms with Gasteiger partial charge in [0.1, 0.15) is 11.7 Å². The lowest BCUT2D eigenvalue weighted by atomic mass is 9.95. The Morgan fingerprint density at radius 1 is 1.06 bits per heavy atom. The average molecular weight is 671 g/mol. The first kappa shape index (κ1) is 34.9. The van der Waals surface area contributed by atoms with Gasteiger partial charge in [-0.15, -0.1) is 0 Å². The second-order valence-electron chi connectivity index (χ2n) is 11.9. The number of carbonyl (C=O) groups excluding carboxylic acids is 2. The highest BCUT2D eigenvalue weighted by atomic mass is 16.5.